The number of carbonyl (C=O) groups excluding carboxylic acids is 1. The zero-order valence-corrected chi connectivity index (χ0v) is 21.0. The molecule has 1 aliphatic rings. The van der Waals surface area contributed by atoms with Crippen molar-refractivity contribution >= 4 is 37.7 Å². The second-order valence-electron chi connectivity index (χ2n) is 7.81. The Bertz CT molecular complexity index is 972. The molecule has 0 aromatic heterocycles. The van der Waals surface area contributed by atoms with Crippen LogP contribution in [0.25, 0.3) is 0 Å². The van der Waals surface area contributed by atoms with Crippen molar-refractivity contribution in [1.82, 2.24) is 14.3 Å². The molecule has 31 heavy (non-hydrogen) atoms. The maximum Gasteiger partial charge on any atom is 0.241 e. The van der Waals surface area contributed by atoms with Gasteiger partial charge in [0.2, 0.25) is 26.0 Å². The summed E-state index contributed by atoms with van der Waals surface area (Å²) in [5.41, 5.74) is 1.44. The second-order valence-corrected chi connectivity index (χ2v) is 12.7. The molecule has 1 fully saturated rings. The van der Waals surface area contributed by atoms with E-state index in [9.17, 15) is 21.6 Å². The Balaban J connectivity index is 2.08. The molecule has 2 N–H and O–H groups in total. The number of nitrogens with zero attached hydrogens (tertiary/aromatic N) is 1. The molecule has 1 amide bonds. The van der Waals surface area contributed by atoms with E-state index in [4.69, 9.17) is 0 Å². The van der Waals surface area contributed by atoms with E-state index in [-0.39, 0.29) is 22.6 Å². The zero-order chi connectivity index (χ0) is 23.2. The van der Waals surface area contributed by atoms with E-state index >= 15 is 0 Å². The van der Waals surface area contributed by atoms with Crippen LogP contribution in [0.4, 0.5) is 0 Å². The lowest BCUT2D eigenvalue weighted by atomic mass is 10.1. The third-order valence-electron chi connectivity index (χ3n) is 5.42. The maximum absolute atomic E-state index is 13.0. The molecule has 0 aliphatic carbocycles. The molecule has 0 spiro atoms. The summed E-state index contributed by atoms with van der Waals surface area (Å²) in [4.78, 5) is 13.1. The molecule has 1 atom stereocenters. The van der Waals surface area contributed by atoms with Gasteiger partial charge < -0.3 is 5.32 Å². The Hall–Kier alpha value is -1.14. The van der Waals surface area contributed by atoms with E-state index in [0.717, 1.165) is 5.56 Å². The number of aryl methyl sites for hydroxylation is 2. The van der Waals surface area contributed by atoms with E-state index in [1.54, 1.807) is 26.0 Å². The summed E-state index contributed by atoms with van der Waals surface area (Å²) < 4.78 is 54.0. The Morgan fingerprint density at radius 1 is 1.19 bits per heavy atom. The monoisotopic (exact) mass is 491 g/mol. The summed E-state index contributed by atoms with van der Waals surface area (Å²) in [6, 6.07) is 4.12. The summed E-state index contributed by atoms with van der Waals surface area (Å²) in [5.74, 6) is 0.307. The first-order valence-electron chi connectivity index (χ1n) is 10.4. The highest BCUT2D eigenvalue weighted by molar-refractivity contribution is 7.98. The highest BCUT2D eigenvalue weighted by Gasteiger charge is 2.31. The van der Waals surface area contributed by atoms with Crippen molar-refractivity contribution in [3.63, 3.8) is 0 Å². The van der Waals surface area contributed by atoms with Crippen LogP contribution in [0.15, 0.2) is 23.1 Å². The summed E-state index contributed by atoms with van der Waals surface area (Å²) in [6.45, 7) is 5.86. The van der Waals surface area contributed by atoms with Gasteiger partial charge in [-0.05, 0) is 69.2 Å². The van der Waals surface area contributed by atoms with Crippen LogP contribution >= 0.6 is 11.8 Å². The summed E-state index contributed by atoms with van der Waals surface area (Å²) in [5, 5.41) is 2.92. The lowest BCUT2D eigenvalue weighted by Crippen LogP contribution is -2.52. The van der Waals surface area contributed by atoms with Gasteiger partial charge in [0.05, 0.1) is 10.6 Å². The van der Waals surface area contributed by atoms with Gasteiger partial charge in [-0.2, -0.15) is 16.5 Å². The molecule has 1 aromatic carbocycles. The lowest BCUT2D eigenvalue weighted by Gasteiger charge is -2.32. The van der Waals surface area contributed by atoms with Crippen molar-refractivity contribution in [1.29, 1.82) is 0 Å². The lowest BCUT2D eigenvalue weighted by molar-refractivity contribution is -0.123. The normalized spacial score (nSPS) is 17.4. The summed E-state index contributed by atoms with van der Waals surface area (Å²) in [7, 11) is -7.11. The number of carbonyl (C=O) groups is 1. The number of sulfonamides is 2. The second kappa shape index (κ2) is 11.1. The van der Waals surface area contributed by atoms with E-state index in [2.05, 4.69) is 10.0 Å². The van der Waals surface area contributed by atoms with Gasteiger partial charge >= 0.3 is 0 Å². The average molecular weight is 492 g/mol. The smallest absolute Gasteiger partial charge is 0.241 e. The standard InChI is InChI=1S/C20H33N3O5S3/c1-5-30(25,26)23-11-8-17(9-12-23)21-20(24)18(10-13-29-4)22-31(27,28)19-14-15(2)6-7-16(19)3/h6-7,14,17-18,22H,5,8-13H2,1-4H3,(H,21,24). The van der Waals surface area contributed by atoms with Crippen LogP contribution in [0.5, 0.6) is 0 Å². The quantitative estimate of drug-likeness (QED) is 0.514. The molecular formula is C20H33N3O5S3. The van der Waals surface area contributed by atoms with Crippen molar-refractivity contribution in [3.8, 4) is 0 Å². The van der Waals surface area contributed by atoms with E-state index < -0.39 is 26.1 Å². The number of nitrogens with one attached hydrogen (secondary N) is 2. The summed E-state index contributed by atoms with van der Waals surface area (Å²) >= 11 is 1.54. The Morgan fingerprint density at radius 3 is 2.42 bits per heavy atom. The van der Waals surface area contributed by atoms with Crippen molar-refractivity contribution < 1.29 is 21.6 Å². The average Bonchev–Trinajstić information content (AvgIpc) is 2.73. The minimum absolute atomic E-state index is 0.0565. The molecule has 2 rings (SSSR count). The molecule has 1 unspecified atom stereocenters. The fourth-order valence-electron chi connectivity index (χ4n) is 3.49. The topological polar surface area (TPSA) is 113 Å². The van der Waals surface area contributed by atoms with Gasteiger partial charge in [-0.1, -0.05) is 12.1 Å². The predicted octanol–water partition coefficient (Wildman–Crippen LogP) is 1.63. The van der Waals surface area contributed by atoms with Crippen molar-refractivity contribution in [2.75, 3.05) is 30.9 Å². The van der Waals surface area contributed by atoms with Crippen LogP contribution in [-0.4, -0.2) is 70.0 Å². The third-order valence-corrected chi connectivity index (χ3v) is 9.56. The van der Waals surface area contributed by atoms with Gasteiger partial charge in [0.1, 0.15) is 6.04 Å². The van der Waals surface area contributed by atoms with Gasteiger partial charge in [-0.3, -0.25) is 4.79 Å². The molecule has 0 bridgehead atoms. The van der Waals surface area contributed by atoms with E-state index in [1.165, 1.54) is 16.1 Å². The SMILES string of the molecule is CCS(=O)(=O)N1CCC(NC(=O)C(CCSC)NS(=O)(=O)c2cc(C)ccc2C)CC1. The first kappa shape index (κ1) is 26.1. The molecule has 1 saturated heterocycles. The molecule has 0 radical (unpaired) electrons. The number of thioether (sulfide) groups is 1. The fourth-order valence-corrected chi connectivity index (χ4v) is 6.65. The Labute approximate surface area is 190 Å². The Kier molecular flexibility index (Phi) is 9.38. The van der Waals surface area contributed by atoms with Crippen LogP contribution in [0, 0.1) is 13.8 Å². The van der Waals surface area contributed by atoms with Gasteiger partial charge in [-0.15, -0.1) is 0 Å². The van der Waals surface area contributed by atoms with Crippen LogP contribution in [0.2, 0.25) is 0 Å². The fraction of sp³-hybridized carbons (Fsp3) is 0.650. The Morgan fingerprint density at radius 2 is 1.84 bits per heavy atom. The number of amides is 1. The number of rotatable bonds is 10. The number of piperidine rings is 1. The number of hydrogen-bond donors (Lipinski definition) is 2. The molecule has 8 nitrogen and oxygen atoms in total. The minimum atomic E-state index is -3.87. The molecule has 1 aromatic rings. The van der Waals surface area contributed by atoms with Gasteiger partial charge in [0, 0.05) is 19.1 Å². The number of hydrogen-bond acceptors (Lipinski definition) is 6. The highest BCUT2D eigenvalue weighted by Crippen LogP contribution is 2.19. The third kappa shape index (κ3) is 7.18. The minimum Gasteiger partial charge on any atom is -0.352 e. The first-order chi connectivity index (χ1) is 14.5. The molecule has 1 aliphatic heterocycles. The molecule has 11 heteroatoms. The largest absolute Gasteiger partial charge is 0.352 e. The molecule has 0 saturated carbocycles. The molecule has 176 valence electrons. The van der Waals surface area contributed by atoms with Crippen molar-refractivity contribution in [3.05, 3.63) is 29.3 Å². The van der Waals surface area contributed by atoms with Crippen LogP contribution in [-0.2, 0) is 24.8 Å². The van der Waals surface area contributed by atoms with Gasteiger partial charge in [0.25, 0.3) is 0 Å². The maximum atomic E-state index is 13.0. The van der Waals surface area contributed by atoms with Crippen LogP contribution in [0.3, 0.4) is 0 Å². The predicted molar refractivity (Wildman–Crippen MR) is 125 cm³/mol. The van der Waals surface area contributed by atoms with Gasteiger partial charge in [0.15, 0.2) is 0 Å². The highest BCUT2D eigenvalue weighted by atomic mass is 32.2. The number of benzene rings is 1. The van der Waals surface area contributed by atoms with Crippen molar-refractivity contribution in [2.45, 2.75) is 57.0 Å². The van der Waals surface area contributed by atoms with Crippen LogP contribution < -0.4 is 10.0 Å². The van der Waals surface area contributed by atoms with Crippen LogP contribution in [0.1, 0.15) is 37.3 Å². The van der Waals surface area contributed by atoms with E-state index in [1.807, 2.05) is 19.2 Å². The molecular weight excluding hydrogens is 458 g/mol. The first-order valence-corrected chi connectivity index (χ1v) is 14.9. The van der Waals surface area contributed by atoms with Gasteiger partial charge in [-0.25, -0.2) is 21.1 Å². The van der Waals surface area contributed by atoms with Crippen molar-refractivity contribution in [2.24, 2.45) is 0 Å². The van der Waals surface area contributed by atoms with E-state index in [0.29, 0.717) is 43.7 Å². The zero-order valence-electron chi connectivity index (χ0n) is 18.5. The molecule has 1 heterocycles. The summed E-state index contributed by atoms with van der Waals surface area (Å²) in [6.07, 6.45) is 3.27.